The van der Waals surface area contributed by atoms with Crippen LogP contribution < -0.4 is 0 Å². The van der Waals surface area contributed by atoms with Crippen LogP contribution in [0.4, 0.5) is 0 Å². The summed E-state index contributed by atoms with van der Waals surface area (Å²) in [4.78, 5) is 20.0. The van der Waals surface area contributed by atoms with Crippen molar-refractivity contribution >= 4 is 11.8 Å². The molecule has 0 rings (SSSR count). The minimum atomic E-state index is -0.741. The van der Waals surface area contributed by atoms with Crippen LogP contribution >= 0.6 is 0 Å². The first-order chi connectivity index (χ1) is 5.77. The van der Waals surface area contributed by atoms with Crippen LogP contribution in [0.2, 0.25) is 0 Å². The van der Waals surface area contributed by atoms with E-state index in [9.17, 15) is 9.59 Å². The first kappa shape index (κ1) is 18.8. The Morgan fingerprint density at radius 2 is 1.43 bits per heavy atom. The fourth-order valence-corrected chi connectivity index (χ4v) is 0.575. The summed E-state index contributed by atoms with van der Waals surface area (Å²) in [6, 6.07) is 0. The van der Waals surface area contributed by atoms with E-state index in [1.807, 2.05) is 13.8 Å². The van der Waals surface area contributed by atoms with E-state index >= 15 is 0 Å². The Hall–Kier alpha value is -0.860. The van der Waals surface area contributed by atoms with E-state index in [1.165, 1.54) is 0 Å². The summed E-state index contributed by atoms with van der Waals surface area (Å²) < 4.78 is 0. The fraction of sp³-hybridized carbons (Fsp3) is 0.818. The van der Waals surface area contributed by atoms with Gasteiger partial charge in [0.1, 0.15) is 5.78 Å². The van der Waals surface area contributed by atoms with Gasteiger partial charge in [-0.05, 0) is 12.8 Å². The lowest BCUT2D eigenvalue weighted by Gasteiger charge is -1.95. The van der Waals surface area contributed by atoms with Crippen LogP contribution in [0.25, 0.3) is 0 Å². The third-order valence-corrected chi connectivity index (χ3v) is 1.19. The summed E-state index contributed by atoms with van der Waals surface area (Å²) in [6.07, 6.45) is 0.722. The van der Waals surface area contributed by atoms with Gasteiger partial charge >= 0.3 is 5.97 Å². The highest BCUT2D eigenvalue weighted by molar-refractivity contribution is 5.75. The predicted molar refractivity (Wildman–Crippen MR) is 59.3 cm³/mol. The van der Waals surface area contributed by atoms with E-state index in [0.29, 0.717) is 5.92 Å². The molecule has 0 aliphatic carbocycles. The molecule has 86 valence electrons. The molecule has 3 nitrogen and oxygen atoms in total. The lowest BCUT2D eigenvalue weighted by Crippen LogP contribution is -2.03. The van der Waals surface area contributed by atoms with Crippen molar-refractivity contribution in [1.82, 2.24) is 0 Å². The van der Waals surface area contributed by atoms with Gasteiger partial charge in [-0.25, -0.2) is 0 Å². The average Bonchev–Trinajstić information content (AvgIpc) is 1.84. The van der Waals surface area contributed by atoms with Crippen LogP contribution in [0.5, 0.6) is 0 Å². The molecule has 3 heteroatoms. The molecule has 0 atom stereocenters. The lowest BCUT2D eigenvalue weighted by atomic mass is 10.1. The van der Waals surface area contributed by atoms with Crippen molar-refractivity contribution in [2.24, 2.45) is 11.8 Å². The minimum absolute atomic E-state index is 0. The third-order valence-electron chi connectivity index (χ3n) is 1.19. The second kappa shape index (κ2) is 10.2. The van der Waals surface area contributed by atoms with Crippen molar-refractivity contribution in [2.45, 2.75) is 48.5 Å². The quantitative estimate of drug-likeness (QED) is 0.768. The molecule has 0 unspecified atom stereocenters. The van der Waals surface area contributed by atoms with Gasteiger partial charge in [0.25, 0.3) is 0 Å². The van der Waals surface area contributed by atoms with Gasteiger partial charge in [0.2, 0.25) is 0 Å². The Balaban J connectivity index is -0.000000163. The van der Waals surface area contributed by atoms with Gasteiger partial charge in [-0.3, -0.25) is 4.79 Å². The Morgan fingerprint density at radius 1 is 1.14 bits per heavy atom. The van der Waals surface area contributed by atoms with Gasteiger partial charge in [0, 0.05) is 6.42 Å². The zero-order valence-electron chi connectivity index (χ0n) is 9.13. The predicted octanol–water partition coefficient (Wildman–Crippen LogP) is 2.98. The largest absolute Gasteiger partial charge is 0.481 e. The second-order valence-corrected chi connectivity index (χ2v) is 3.79. The smallest absolute Gasteiger partial charge is 0.305 e. The molecule has 0 spiro atoms. The van der Waals surface area contributed by atoms with Crippen LogP contribution in [-0.4, -0.2) is 16.9 Å². The van der Waals surface area contributed by atoms with Gasteiger partial charge in [-0.15, -0.1) is 0 Å². The highest BCUT2D eigenvalue weighted by Crippen LogP contribution is 1.97. The first-order valence-electron chi connectivity index (χ1n) is 4.49. The zero-order valence-corrected chi connectivity index (χ0v) is 9.13. The fourth-order valence-electron chi connectivity index (χ4n) is 0.575. The molecule has 0 amide bonds. The van der Waals surface area contributed by atoms with Crippen molar-refractivity contribution < 1.29 is 14.7 Å². The highest BCUT2D eigenvalue weighted by atomic mass is 16.4. The van der Waals surface area contributed by atoms with Gasteiger partial charge in [0.15, 0.2) is 0 Å². The van der Waals surface area contributed by atoms with Gasteiger partial charge < -0.3 is 9.90 Å². The molecule has 0 aliphatic rings. The number of aliphatic carboxylic acids is 1. The van der Waals surface area contributed by atoms with Crippen LogP contribution in [-0.2, 0) is 9.59 Å². The maximum absolute atomic E-state index is 10.3. The van der Waals surface area contributed by atoms with Crippen LogP contribution in [0.3, 0.4) is 0 Å². The number of ketones is 1. The lowest BCUT2D eigenvalue weighted by molar-refractivity contribution is -0.140. The third kappa shape index (κ3) is 22.5. The van der Waals surface area contributed by atoms with Crippen LogP contribution in [0.1, 0.15) is 48.5 Å². The molecule has 0 saturated carbocycles. The van der Waals surface area contributed by atoms with Crippen LogP contribution in [0, 0.1) is 11.8 Å². The molecular weight excluding hydrogens is 180 g/mol. The molecule has 0 fully saturated rings. The van der Waals surface area contributed by atoms with E-state index in [0.717, 1.165) is 6.42 Å². The molecule has 0 aromatic rings. The first-order valence-corrected chi connectivity index (χ1v) is 4.49. The molecule has 14 heavy (non-hydrogen) atoms. The number of carboxylic acid groups (broad SMARTS) is 1. The number of hydrogen-bond donors (Lipinski definition) is 1. The van der Waals surface area contributed by atoms with Gasteiger partial charge in [-0.2, -0.15) is 0 Å². The summed E-state index contributed by atoms with van der Waals surface area (Å²) in [5.74, 6) is -0.160. The number of rotatable bonds is 3. The van der Waals surface area contributed by atoms with E-state index in [-0.39, 0.29) is 19.1 Å². The number of carbonyl (C=O) groups is 2. The molecule has 0 aromatic heterocycles. The number of hydrogen-bond acceptors (Lipinski definition) is 2. The standard InChI is InChI=1S/C6H12O.C4H8O2.CH4/c1-5(2)4-6(3)7;1-3(2)4(5)6;/h5H,4H2,1-3H3;3H,1-2H3,(H,5,6);1H4. The van der Waals surface area contributed by atoms with Crippen molar-refractivity contribution in [1.29, 1.82) is 0 Å². The Bertz CT molecular complexity index is 160. The molecular formula is C11H24O3. The van der Waals surface area contributed by atoms with Crippen LogP contribution in [0.15, 0.2) is 0 Å². The summed E-state index contributed by atoms with van der Waals surface area (Å²) in [5, 5.41) is 7.99. The molecule has 0 radical (unpaired) electrons. The molecule has 1 N–H and O–H groups in total. The Labute approximate surface area is 87.5 Å². The van der Waals surface area contributed by atoms with Crippen molar-refractivity contribution in [2.75, 3.05) is 0 Å². The van der Waals surface area contributed by atoms with E-state index < -0.39 is 5.97 Å². The number of carbonyl (C=O) groups excluding carboxylic acids is 1. The maximum Gasteiger partial charge on any atom is 0.305 e. The van der Waals surface area contributed by atoms with Gasteiger partial charge in [-0.1, -0.05) is 35.1 Å². The molecule has 0 aromatic carbocycles. The Morgan fingerprint density at radius 3 is 1.43 bits per heavy atom. The molecule has 0 heterocycles. The van der Waals surface area contributed by atoms with E-state index in [1.54, 1.807) is 20.8 Å². The maximum atomic E-state index is 10.3. The number of Topliss-reactive ketones (excluding diaryl/α,β-unsaturated/α-hetero) is 1. The molecule has 0 aliphatic heterocycles. The van der Waals surface area contributed by atoms with Crippen molar-refractivity contribution in [3.63, 3.8) is 0 Å². The summed E-state index contributed by atoms with van der Waals surface area (Å²) in [6.45, 7) is 8.99. The monoisotopic (exact) mass is 204 g/mol. The second-order valence-electron chi connectivity index (χ2n) is 3.79. The van der Waals surface area contributed by atoms with E-state index in [2.05, 4.69) is 0 Å². The minimum Gasteiger partial charge on any atom is -0.481 e. The number of carboxylic acids is 1. The molecule has 0 bridgehead atoms. The highest BCUT2D eigenvalue weighted by Gasteiger charge is 1.99. The summed E-state index contributed by atoms with van der Waals surface area (Å²) in [5.41, 5.74) is 0. The summed E-state index contributed by atoms with van der Waals surface area (Å²) >= 11 is 0. The van der Waals surface area contributed by atoms with Crippen molar-refractivity contribution in [3.05, 3.63) is 0 Å². The Kier molecular flexibility index (Phi) is 13.8. The topological polar surface area (TPSA) is 54.4 Å². The normalized spacial score (nSPS) is 8.79. The van der Waals surface area contributed by atoms with Crippen molar-refractivity contribution in [3.8, 4) is 0 Å². The average molecular weight is 204 g/mol. The SMILES string of the molecule is C.CC(=O)CC(C)C.CC(C)C(=O)O. The summed E-state index contributed by atoms with van der Waals surface area (Å²) in [7, 11) is 0. The van der Waals surface area contributed by atoms with Gasteiger partial charge in [0.05, 0.1) is 5.92 Å². The molecule has 0 saturated heterocycles. The van der Waals surface area contributed by atoms with E-state index in [4.69, 9.17) is 5.11 Å². The zero-order chi connectivity index (χ0) is 11.0.